The lowest BCUT2D eigenvalue weighted by Crippen LogP contribution is -2.43. The number of phenols is 1. The highest BCUT2D eigenvalue weighted by Gasteiger charge is 2.24. The van der Waals surface area contributed by atoms with Crippen LogP contribution in [-0.4, -0.2) is 44.5 Å². The number of nitrogens with zero attached hydrogens (tertiary/aromatic N) is 1. The maximum Gasteiger partial charge on any atom is 0.188 e. The van der Waals surface area contributed by atoms with Gasteiger partial charge in [-0.1, -0.05) is 0 Å². The molecule has 0 bridgehead atoms. The Morgan fingerprint density at radius 2 is 1.88 bits per heavy atom. The molecule has 92 valence electrons. The van der Waals surface area contributed by atoms with Crippen LogP contribution in [0.4, 0.5) is 5.69 Å². The zero-order valence-electron chi connectivity index (χ0n) is 9.61. The van der Waals surface area contributed by atoms with Crippen LogP contribution < -0.4 is 19.7 Å². The van der Waals surface area contributed by atoms with Crippen molar-refractivity contribution in [2.75, 3.05) is 44.3 Å². The van der Waals surface area contributed by atoms with Crippen LogP contribution in [0.25, 0.3) is 0 Å². The monoisotopic (exact) mass is 236 g/mol. The van der Waals surface area contributed by atoms with Gasteiger partial charge in [0.1, 0.15) is 24.7 Å². The summed E-state index contributed by atoms with van der Waals surface area (Å²) in [6.45, 7) is 4.68. The molecule has 0 unspecified atom stereocenters. The van der Waals surface area contributed by atoms with Crippen LogP contribution in [0.3, 0.4) is 0 Å². The van der Waals surface area contributed by atoms with E-state index in [4.69, 9.17) is 9.47 Å². The molecule has 0 saturated carbocycles. The lowest BCUT2D eigenvalue weighted by Gasteiger charge is -2.32. The molecular weight excluding hydrogens is 220 g/mol. The predicted octanol–water partition coefficient (Wildman–Crippen LogP) is 0.573. The zero-order chi connectivity index (χ0) is 11.7. The van der Waals surface area contributed by atoms with Crippen LogP contribution >= 0.6 is 0 Å². The van der Waals surface area contributed by atoms with E-state index in [1.54, 1.807) is 12.1 Å². The van der Waals surface area contributed by atoms with Crippen molar-refractivity contribution in [1.29, 1.82) is 0 Å². The van der Waals surface area contributed by atoms with Crippen LogP contribution in [-0.2, 0) is 0 Å². The molecular formula is C12H16N2O3. The van der Waals surface area contributed by atoms with Crippen molar-refractivity contribution in [3.63, 3.8) is 0 Å². The smallest absolute Gasteiger partial charge is 0.188 e. The Labute approximate surface area is 99.9 Å². The first-order valence-electron chi connectivity index (χ1n) is 5.93. The van der Waals surface area contributed by atoms with Crippen molar-refractivity contribution in [3.8, 4) is 17.2 Å². The second-order valence-corrected chi connectivity index (χ2v) is 4.19. The summed E-state index contributed by atoms with van der Waals surface area (Å²) in [4.78, 5) is 2.14. The fourth-order valence-corrected chi connectivity index (χ4v) is 2.28. The summed E-state index contributed by atoms with van der Waals surface area (Å²) >= 11 is 0. The fourth-order valence-electron chi connectivity index (χ4n) is 2.28. The van der Waals surface area contributed by atoms with Crippen LogP contribution in [0.2, 0.25) is 0 Å². The number of aromatic hydroxyl groups is 1. The van der Waals surface area contributed by atoms with E-state index >= 15 is 0 Å². The number of phenolic OH excluding ortho intramolecular Hbond substituents is 1. The van der Waals surface area contributed by atoms with E-state index in [2.05, 4.69) is 10.2 Å². The molecule has 5 heteroatoms. The Kier molecular flexibility index (Phi) is 2.68. The molecule has 17 heavy (non-hydrogen) atoms. The molecule has 3 rings (SSSR count). The number of nitrogens with one attached hydrogen (secondary N) is 1. The molecule has 0 aliphatic carbocycles. The molecule has 0 amide bonds. The summed E-state index contributed by atoms with van der Waals surface area (Å²) in [6, 6.07) is 3.43. The number of hydrogen-bond acceptors (Lipinski definition) is 5. The molecule has 2 aliphatic rings. The lowest BCUT2D eigenvalue weighted by molar-refractivity contribution is 0.171. The van der Waals surface area contributed by atoms with E-state index < -0.39 is 0 Å². The van der Waals surface area contributed by atoms with Gasteiger partial charge in [0, 0.05) is 26.2 Å². The normalized spacial score (nSPS) is 19.2. The largest absolute Gasteiger partial charge is 0.506 e. The van der Waals surface area contributed by atoms with Gasteiger partial charge in [-0.2, -0.15) is 0 Å². The minimum absolute atomic E-state index is 0.260. The second-order valence-electron chi connectivity index (χ2n) is 4.19. The Morgan fingerprint density at radius 3 is 2.71 bits per heavy atom. The zero-order valence-corrected chi connectivity index (χ0v) is 9.61. The first-order valence-corrected chi connectivity index (χ1v) is 5.93. The number of piperazine rings is 1. The molecule has 1 saturated heterocycles. The molecule has 2 heterocycles. The van der Waals surface area contributed by atoms with E-state index in [0.717, 1.165) is 37.6 Å². The van der Waals surface area contributed by atoms with E-state index in [9.17, 15) is 5.11 Å². The first-order chi connectivity index (χ1) is 8.36. The number of hydrogen-bond donors (Lipinski definition) is 2. The van der Waals surface area contributed by atoms with E-state index in [0.29, 0.717) is 19.0 Å². The van der Waals surface area contributed by atoms with Gasteiger partial charge < -0.3 is 24.8 Å². The van der Waals surface area contributed by atoms with Crippen LogP contribution in [0.1, 0.15) is 0 Å². The van der Waals surface area contributed by atoms with Crippen molar-refractivity contribution >= 4 is 5.69 Å². The van der Waals surface area contributed by atoms with Gasteiger partial charge in [-0.05, 0) is 12.1 Å². The molecule has 5 nitrogen and oxygen atoms in total. The lowest BCUT2D eigenvalue weighted by atomic mass is 10.2. The van der Waals surface area contributed by atoms with Gasteiger partial charge in [-0.3, -0.25) is 0 Å². The fraction of sp³-hybridized carbons (Fsp3) is 0.500. The Morgan fingerprint density at radius 1 is 1.12 bits per heavy atom. The summed E-state index contributed by atoms with van der Waals surface area (Å²) in [5.74, 6) is 1.66. The number of anilines is 1. The second kappa shape index (κ2) is 4.33. The third-order valence-corrected chi connectivity index (χ3v) is 3.09. The average Bonchev–Trinajstić information content (AvgIpc) is 2.39. The minimum Gasteiger partial charge on any atom is -0.506 e. The maximum absolute atomic E-state index is 10.0. The molecule has 0 spiro atoms. The number of benzene rings is 1. The molecule has 0 aromatic heterocycles. The van der Waals surface area contributed by atoms with Crippen molar-refractivity contribution in [2.45, 2.75) is 0 Å². The SMILES string of the molecule is Oc1ccc2c(c1N1CCNCC1)OCCO2. The summed E-state index contributed by atoms with van der Waals surface area (Å²) in [5.41, 5.74) is 0.767. The van der Waals surface area contributed by atoms with Crippen molar-refractivity contribution in [1.82, 2.24) is 5.32 Å². The summed E-state index contributed by atoms with van der Waals surface area (Å²) in [7, 11) is 0. The van der Waals surface area contributed by atoms with Gasteiger partial charge in [0.2, 0.25) is 0 Å². The molecule has 0 radical (unpaired) electrons. The van der Waals surface area contributed by atoms with Crippen LogP contribution in [0.15, 0.2) is 12.1 Å². The van der Waals surface area contributed by atoms with Crippen molar-refractivity contribution in [3.05, 3.63) is 12.1 Å². The van der Waals surface area contributed by atoms with Crippen molar-refractivity contribution in [2.24, 2.45) is 0 Å². The highest BCUT2D eigenvalue weighted by Crippen LogP contribution is 2.45. The molecule has 1 aromatic rings. The number of rotatable bonds is 1. The molecule has 2 aliphatic heterocycles. The van der Waals surface area contributed by atoms with E-state index in [1.165, 1.54) is 0 Å². The topological polar surface area (TPSA) is 54.0 Å². The maximum atomic E-state index is 10.0. The Hall–Kier alpha value is -1.62. The van der Waals surface area contributed by atoms with Gasteiger partial charge >= 0.3 is 0 Å². The van der Waals surface area contributed by atoms with E-state index in [1.807, 2.05) is 0 Å². The van der Waals surface area contributed by atoms with Crippen molar-refractivity contribution < 1.29 is 14.6 Å². The van der Waals surface area contributed by atoms with Crippen LogP contribution in [0, 0.1) is 0 Å². The first kappa shape index (κ1) is 10.5. The van der Waals surface area contributed by atoms with Gasteiger partial charge in [0.15, 0.2) is 11.5 Å². The number of fused-ring (bicyclic) bond motifs is 1. The minimum atomic E-state index is 0.260. The third kappa shape index (κ3) is 1.86. The van der Waals surface area contributed by atoms with Gasteiger partial charge in [-0.15, -0.1) is 0 Å². The molecule has 0 atom stereocenters. The third-order valence-electron chi connectivity index (χ3n) is 3.09. The Balaban J connectivity index is 2.01. The van der Waals surface area contributed by atoms with E-state index in [-0.39, 0.29) is 5.75 Å². The predicted molar refractivity (Wildman–Crippen MR) is 64.2 cm³/mol. The molecule has 1 fully saturated rings. The Bertz CT molecular complexity index is 416. The molecule has 1 aromatic carbocycles. The molecule has 2 N–H and O–H groups in total. The average molecular weight is 236 g/mol. The standard InChI is InChI=1S/C12H16N2O3/c15-9-1-2-10-12(17-8-7-16-10)11(9)14-5-3-13-4-6-14/h1-2,13,15H,3-8H2. The van der Waals surface area contributed by atoms with Gasteiger partial charge in [0.25, 0.3) is 0 Å². The van der Waals surface area contributed by atoms with Crippen LogP contribution in [0.5, 0.6) is 17.2 Å². The highest BCUT2D eigenvalue weighted by molar-refractivity contribution is 5.72. The summed E-state index contributed by atoms with van der Waals surface area (Å²) < 4.78 is 11.2. The highest BCUT2D eigenvalue weighted by atomic mass is 16.6. The number of ether oxygens (including phenoxy) is 2. The van der Waals surface area contributed by atoms with Gasteiger partial charge in [0.05, 0.1) is 0 Å². The summed E-state index contributed by atoms with van der Waals surface area (Å²) in [5, 5.41) is 13.3. The summed E-state index contributed by atoms with van der Waals surface area (Å²) in [6.07, 6.45) is 0. The quantitative estimate of drug-likeness (QED) is 0.746. The van der Waals surface area contributed by atoms with Gasteiger partial charge in [-0.25, -0.2) is 0 Å².